The summed E-state index contributed by atoms with van der Waals surface area (Å²) in [4.78, 5) is 15.5. The van der Waals surface area contributed by atoms with Gasteiger partial charge in [-0.3, -0.25) is 0 Å². The molecule has 2 aromatic rings. The molecule has 1 N–H and O–H groups in total. The molecule has 1 amide bonds. The molecule has 0 bridgehead atoms. The predicted octanol–water partition coefficient (Wildman–Crippen LogP) is 4.72. The Morgan fingerprint density at radius 1 is 1.22 bits per heavy atom. The summed E-state index contributed by atoms with van der Waals surface area (Å²) >= 11 is 12.0. The van der Waals surface area contributed by atoms with E-state index in [4.69, 9.17) is 27.9 Å². The highest BCUT2D eigenvalue weighted by molar-refractivity contribution is 6.36. The molecule has 120 valence electrons. The molecule has 6 heteroatoms. The normalized spacial score (nSPS) is 10.7. The van der Waals surface area contributed by atoms with Crippen LogP contribution in [-0.4, -0.2) is 17.6 Å². The molecule has 1 aromatic heterocycles. The van der Waals surface area contributed by atoms with Gasteiger partial charge < -0.3 is 10.1 Å². The smallest absolute Gasteiger partial charge is 0.407 e. The summed E-state index contributed by atoms with van der Waals surface area (Å²) in [6.45, 7) is 0.711. The van der Waals surface area contributed by atoms with Crippen molar-refractivity contribution in [2.45, 2.75) is 13.0 Å². The number of ether oxygens (including phenoxy) is 1. The van der Waals surface area contributed by atoms with Gasteiger partial charge in [0.2, 0.25) is 0 Å². The third-order valence-corrected chi connectivity index (χ3v) is 3.60. The molecule has 0 unspecified atom stereocenters. The number of hydrogen-bond donors (Lipinski definition) is 1. The molecule has 0 atom stereocenters. The molecule has 0 spiro atoms. The Balaban J connectivity index is 1.69. The summed E-state index contributed by atoms with van der Waals surface area (Å²) in [6, 6.07) is 11.2. The van der Waals surface area contributed by atoms with Gasteiger partial charge in [0.25, 0.3) is 0 Å². The maximum absolute atomic E-state index is 11.5. The Labute approximate surface area is 145 Å². The highest BCUT2D eigenvalue weighted by Crippen LogP contribution is 2.23. The number of hydrogen-bond acceptors (Lipinski definition) is 3. The average molecular weight is 351 g/mol. The van der Waals surface area contributed by atoms with Crippen LogP contribution >= 0.6 is 23.2 Å². The Bertz CT molecular complexity index is 655. The van der Waals surface area contributed by atoms with Crippen molar-refractivity contribution in [3.63, 3.8) is 0 Å². The Hall–Kier alpha value is -2.04. The van der Waals surface area contributed by atoms with E-state index in [-0.39, 0.29) is 6.61 Å². The topological polar surface area (TPSA) is 51.2 Å². The number of rotatable bonds is 6. The number of carbonyl (C=O) groups is 1. The van der Waals surface area contributed by atoms with Gasteiger partial charge in [-0.05, 0) is 18.1 Å². The van der Waals surface area contributed by atoms with E-state index in [9.17, 15) is 4.79 Å². The molecule has 23 heavy (non-hydrogen) atoms. The van der Waals surface area contributed by atoms with Crippen molar-refractivity contribution in [3.05, 3.63) is 70.0 Å². The molecule has 0 fully saturated rings. The first-order chi connectivity index (χ1) is 11.2. The molecule has 1 aromatic carbocycles. The molecule has 0 aliphatic carbocycles. The summed E-state index contributed by atoms with van der Waals surface area (Å²) in [5.74, 6) is 0. The van der Waals surface area contributed by atoms with Gasteiger partial charge in [0.05, 0.1) is 5.02 Å². The Morgan fingerprint density at radius 2 is 2.00 bits per heavy atom. The highest BCUT2D eigenvalue weighted by atomic mass is 35.5. The van der Waals surface area contributed by atoms with E-state index in [1.807, 2.05) is 36.4 Å². The van der Waals surface area contributed by atoms with Crippen LogP contribution in [0.2, 0.25) is 10.2 Å². The largest absolute Gasteiger partial charge is 0.445 e. The van der Waals surface area contributed by atoms with Gasteiger partial charge in [-0.2, -0.15) is 0 Å². The maximum Gasteiger partial charge on any atom is 0.407 e. The van der Waals surface area contributed by atoms with Gasteiger partial charge in [0, 0.05) is 18.3 Å². The molecule has 0 aliphatic heterocycles. The van der Waals surface area contributed by atoms with Gasteiger partial charge in [0.15, 0.2) is 0 Å². The van der Waals surface area contributed by atoms with E-state index >= 15 is 0 Å². The second kappa shape index (κ2) is 9.18. The molecule has 2 rings (SSSR count). The lowest BCUT2D eigenvalue weighted by atomic mass is 10.2. The predicted molar refractivity (Wildman–Crippen MR) is 92.5 cm³/mol. The maximum atomic E-state index is 11.5. The number of nitrogens with zero attached hydrogens (tertiary/aromatic N) is 1. The zero-order valence-corrected chi connectivity index (χ0v) is 13.8. The molecule has 1 heterocycles. The lowest BCUT2D eigenvalue weighted by Gasteiger charge is -2.06. The van der Waals surface area contributed by atoms with Crippen molar-refractivity contribution < 1.29 is 9.53 Å². The fourth-order valence-electron chi connectivity index (χ4n) is 1.81. The fraction of sp³-hybridized carbons (Fsp3) is 0.176. The van der Waals surface area contributed by atoms with Gasteiger partial charge in [-0.1, -0.05) is 65.7 Å². The van der Waals surface area contributed by atoms with E-state index < -0.39 is 6.09 Å². The summed E-state index contributed by atoms with van der Waals surface area (Å²) in [5, 5.41) is 3.56. The molecule has 0 saturated carbocycles. The Kier molecular flexibility index (Phi) is 6.91. The number of aromatic nitrogens is 1. The van der Waals surface area contributed by atoms with Crippen LogP contribution < -0.4 is 5.32 Å². The Morgan fingerprint density at radius 3 is 2.74 bits per heavy atom. The minimum Gasteiger partial charge on any atom is -0.445 e. The molecule has 0 radical (unpaired) electrons. The summed E-state index contributed by atoms with van der Waals surface area (Å²) < 4.78 is 5.10. The van der Waals surface area contributed by atoms with Crippen LogP contribution in [0.15, 0.2) is 48.7 Å². The first kappa shape index (κ1) is 17.3. The van der Waals surface area contributed by atoms with Crippen molar-refractivity contribution in [2.75, 3.05) is 6.54 Å². The van der Waals surface area contributed by atoms with E-state index in [1.165, 1.54) is 0 Å². The second-order valence-corrected chi connectivity index (χ2v) is 5.44. The number of pyridine rings is 1. The van der Waals surface area contributed by atoms with Crippen LogP contribution in [0.4, 0.5) is 4.79 Å². The quantitative estimate of drug-likeness (QED) is 0.605. The van der Waals surface area contributed by atoms with E-state index in [2.05, 4.69) is 10.3 Å². The number of alkyl carbamates (subject to hydrolysis) is 1. The van der Waals surface area contributed by atoms with Gasteiger partial charge in [-0.15, -0.1) is 0 Å². The molecule has 0 aliphatic rings. The number of carbonyl (C=O) groups excluding carboxylic acids is 1. The molecular weight excluding hydrogens is 335 g/mol. The summed E-state index contributed by atoms with van der Waals surface area (Å²) in [6.07, 6.45) is 5.38. The van der Waals surface area contributed by atoms with Gasteiger partial charge in [0.1, 0.15) is 11.8 Å². The molecular formula is C17H16Cl2N2O2. The van der Waals surface area contributed by atoms with Crippen molar-refractivity contribution >= 4 is 35.4 Å². The van der Waals surface area contributed by atoms with Crippen molar-refractivity contribution in [1.82, 2.24) is 10.3 Å². The average Bonchev–Trinajstić information content (AvgIpc) is 2.56. The standard InChI is InChI=1S/C17H16Cl2N2O2/c18-15-9-11-20-16(19)14(15)8-4-5-10-21-17(22)23-12-13-6-2-1-3-7-13/h1-4,6-9,11H,5,10,12H2,(H,21,22). The van der Waals surface area contributed by atoms with Gasteiger partial charge in [-0.25, -0.2) is 9.78 Å². The number of nitrogens with one attached hydrogen (secondary N) is 1. The van der Waals surface area contributed by atoms with Crippen molar-refractivity contribution in [3.8, 4) is 0 Å². The van der Waals surface area contributed by atoms with Gasteiger partial charge >= 0.3 is 6.09 Å². The fourth-order valence-corrected chi connectivity index (χ4v) is 2.29. The van der Waals surface area contributed by atoms with Crippen LogP contribution in [0, 0.1) is 0 Å². The number of halogens is 2. The number of benzene rings is 1. The zero-order valence-electron chi connectivity index (χ0n) is 12.3. The van der Waals surface area contributed by atoms with Crippen LogP contribution in [0.25, 0.3) is 6.08 Å². The third-order valence-electron chi connectivity index (χ3n) is 2.97. The van der Waals surface area contributed by atoms with Crippen molar-refractivity contribution in [1.29, 1.82) is 0 Å². The van der Waals surface area contributed by atoms with Crippen LogP contribution in [0.3, 0.4) is 0 Å². The first-order valence-electron chi connectivity index (χ1n) is 7.08. The van der Waals surface area contributed by atoms with E-state index in [0.29, 0.717) is 28.7 Å². The van der Waals surface area contributed by atoms with Crippen LogP contribution in [0.5, 0.6) is 0 Å². The highest BCUT2D eigenvalue weighted by Gasteiger charge is 2.03. The van der Waals surface area contributed by atoms with Crippen LogP contribution in [-0.2, 0) is 11.3 Å². The van der Waals surface area contributed by atoms with Crippen LogP contribution in [0.1, 0.15) is 17.5 Å². The SMILES string of the molecule is O=C(NCCC=Cc1c(Cl)ccnc1Cl)OCc1ccccc1. The minimum absolute atomic E-state index is 0.253. The summed E-state index contributed by atoms with van der Waals surface area (Å²) in [5.41, 5.74) is 1.62. The zero-order chi connectivity index (χ0) is 16.5. The second-order valence-electron chi connectivity index (χ2n) is 4.68. The molecule has 0 saturated heterocycles. The van der Waals surface area contributed by atoms with E-state index in [0.717, 1.165) is 5.56 Å². The number of amides is 1. The third kappa shape index (κ3) is 5.93. The minimum atomic E-state index is -0.445. The van der Waals surface area contributed by atoms with E-state index in [1.54, 1.807) is 18.3 Å². The van der Waals surface area contributed by atoms with Crippen molar-refractivity contribution in [2.24, 2.45) is 0 Å². The summed E-state index contributed by atoms with van der Waals surface area (Å²) in [7, 11) is 0. The molecule has 4 nitrogen and oxygen atoms in total. The first-order valence-corrected chi connectivity index (χ1v) is 7.83. The monoisotopic (exact) mass is 350 g/mol. The lowest BCUT2D eigenvalue weighted by Crippen LogP contribution is -2.24. The lowest BCUT2D eigenvalue weighted by molar-refractivity contribution is 0.140.